The molecule has 0 spiro atoms. The predicted molar refractivity (Wildman–Crippen MR) is 48.8 cm³/mol. The molecule has 1 atom stereocenters. The molecule has 2 N–H and O–H groups in total. The average molecular weight is 176 g/mol. The van der Waals surface area contributed by atoms with Crippen molar-refractivity contribution in [1.82, 2.24) is 9.55 Å². The minimum absolute atomic E-state index is 0.381. The fourth-order valence-corrected chi connectivity index (χ4v) is 1.80. The molecule has 68 valence electrons. The van der Waals surface area contributed by atoms with Gasteiger partial charge in [-0.1, -0.05) is 6.92 Å². The van der Waals surface area contributed by atoms with E-state index in [0.29, 0.717) is 17.4 Å². The van der Waals surface area contributed by atoms with Crippen molar-refractivity contribution in [1.29, 1.82) is 5.26 Å². The number of fused-ring (bicyclic) bond motifs is 1. The SMILES string of the molecule is CC1CCc2nc(N)c(C#N)n2C1. The Balaban J connectivity index is 2.50. The van der Waals surface area contributed by atoms with E-state index >= 15 is 0 Å². The van der Waals surface area contributed by atoms with Crippen LogP contribution in [-0.2, 0) is 13.0 Å². The van der Waals surface area contributed by atoms with E-state index in [2.05, 4.69) is 18.0 Å². The Morgan fingerprint density at radius 2 is 2.46 bits per heavy atom. The van der Waals surface area contributed by atoms with Crippen LogP contribution in [0.5, 0.6) is 0 Å². The van der Waals surface area contributed by atoms with Gasteiger partial charge in [-0.25, -0.2) is 4.98 Å². The summed E-state index contributed by atoms with van der Waals surface area (Å²) in [6.07, 6.45) is 2.08. The zero-order chi connectivity index (χ0) is 9.42. The monoisotopic (exact) mass is 176 g/mol. The van der Waals surface area contributed by atoms with Gasteiger partial charge in [-0.05, 0) is 12.3 Å². The first-order chi connectivity index (χ1) is 6.22. The van der Waals surface area contributed by atoms with Gasteiger partial charge in [-0.3, -0.25) is 0 Å². The van der Waals surface area contributed by atoms with Crippen LogP contribution in [0.4, 0.5) is 5.82 Å². The zero-order valence-corrected chi connectivity index (χ0v) is 7.62. The quantitative estimate of drug-likeness (QED) is 0.639. The van der Waals surface area contributed by atoms with Crippen molar-refractivity contribution >= 4 is 5.82 Å². The Kier molecular flexibility index (Phi) is 1.73. The highest BCUT2D eigenvalue weighted by molar-refractivity contribution is 5.46. The fraction of sp³-hybridized carbons (Fsp3) is 0.556. The number of aromatic nitrogens is 2. The van der Waals surface area contributed by atoms with Crippen molar-refractivity contribution in [3.63, 3.8) is 0 Å². The van der Waals surface area contributed by atoms with Crippen molar-refractivity contribution < 1.29 is 0 Å². The first kappa shape index (κ1) is 8.11. The summed E-state index contributed by atoms with van der Waals surface area (Å²) in [5, 5.41) is 8.86. The third-order valence-corrected chi connectivity index (χ3v) is 2.53. The van der Waals surface area contributed by atoms with Gasteiger partial charge in [0.05, 0.1) is 0 Å². The molecule has 0 aliphatic carbocycles. The highest BCUT2D eigenvalue weighted by atomic mass is 15.1. The minimum atomic E-state index is 0.381. The number of hydrogen-bond donors (Lipinski definition) is 1. The number of imidazole rings is 1. The molecule has 0 aromatic carbocycles. The van der Waals surface area contributed by atoms with Crippen LogP contribution in [0.15, 0.2) is 0 Å². The van der Waals surface area contributed by atoms with Gasteiger partial charge in [-0.2, -0.15) is 5.26 Å². The molecule has 2 heterocycles. The van der Waals surface area contributed by atoms with Crippen molar-refractivity contribution in [3.8, 4) is 6.07 Å². The Bertz CT molecular complexity index is 372. The molecular formula is C9H12N4. The number of nitrogen functional groups attached to an aromatic ring is 1. The molecule has 4 heteroatoms. The van der Waals surface area contributed by atoms with Gasteiger partial charge in [0.25, 0.3) is 0 Å². The summed E-state index contributed by atoms with van der Waals surface area (Å²) in [5.41, 5.74) is 6.15. The van der Waals surface area contributed by atoms with Gasteiger partial charge in [0, 0.05) is 13.0 Å². The van der Waals surface area contributed by atoms with Crippen molar-refractivity contribution in [2.45, 2.75) is 26.3 Å². The minimum Gasteiger partial charge on any atom is -0.381 e. The summed E-state index contributed by atoms with van der Waals surface area (Å²) in [4.78, 5) is 4.17. The van der Waals surface area contributed by atoms with Gasteiger partial charge in [0.15, 0.2) is 11.5 Å². The van der Waals surface area contributed by atoms with Gasteiger partial charge < -0.3 is 10.3 Å². The Hall–Kier alpha value is -1.50. The van der Waals surface area contributed by atoms with E-state index in [1.165, 1.54) is 0 Å². The number of anilines is 1. The third-order valence-electron chi connectivity index (χ3n) is 2.53. The summed E-state index contributed by atoms with van der Waals surface area (Å²) in [7, 11) is 0. The summed E-state index contributed by atoms with van der Waals surface area (Å²) < 4.78 is 1.95. The predicted octanol–water partition coefficient (Wildman–Crippen LogP) is 0.919. The summed E-state index contributed by atoms with van der Waals surface area (Å²) >= 11 is 0. The molecule has 1 aromatic rings. The van der Waals surface area contributed by atoms with Crippen molar-refractivity contribution in [2.75, 3.05) is 5.73 Å². The third kappa shape index (κ3) is 1.17. The second kappa shape index (κ2) is 2.77. The van der Waals surface area contributed by atoms with Crippen LogP contribution in [0.25, 0.3) is 0 Å². The maximum Gasteiger partial charge on any atom is 0.164 e. The molecular weight excluding hydrogens is 164 g/mol. The van der Waals surface area contributed by atoms with Crippen LogP contribution in [0, 0.1) is 17.2 Å². The van der Waals surface area contributed by atoms with E-state index in [9.17, 15) is 0 Å². The number of hydrogen-bond acceptors (Lipinski definition) is 3. The lowest BCUT2D eigenvalue weighted by Crippen LogP contribution is -2.19. The van der Waals surface area contributed by atoms with E-state index in [-0.39, 0.29) is 0 Å². The molecule has 0 fully saturated rings. The normalized spacial score (nSPS) is 20.8. The van der Waals surface area contributed by atoms with E-state index in [1.54, 1.807) is 0 Å². The standard InChI is InChI=1S/C9H12N4/c1-6-2-3-8-12-9(11)7(4-10)13(8)5-6/h6H,2-3,5,11H2,1H3. The topological polar surface area (TPSA) is 67.6 Å². The van der Waals surface area contributed by atoms with Crippen LogP contribution in [0.3, 0.4) is 0 Å². The van der Waals surface area contributed by atoms with Crippen LogP contribution in [0.2, 0.25) is 0 Å². The van der Waals surface area contributed by atoms with E-state index in [0.717, 1.165) is 25.2 Å². The van der Waals surface area contributed by atoms with Crippen LogP contribution in [-0.4, -0.2) is 9.55 Å². The van der Waals surface area contributed by atoms with Gasteiger partial charge in [0.2, 0.25) is 0 Å². The van der Waals surface area contributed by atoms with E-state index in [4.69, 9.17) is 11.0 Å². The lowest BCUT2D eigenvalue weighted by atomic mass is 10.0. The van der Waals surface area contributed by atoms with Crippen molar-refractivity contribution in [2.24, 2.45) is 5.92 Å². The molecule has 2 rings (SSSR count). The second-order valence-corrected chi connectivity index (χ2v) is 3.63. The lowest BCUT2D eigenvalue weighted by Gasteiger charge is -2.20. The molecule has 13 heavy (non-hydrogen) atoms. The molecule has 0 bridgehead atoms. The highest BCUT2D eigenvalue weighted by Crippen LogP contribution is 2.23. The lowest BCUT2D eigenvalue weighted by molar-refractivity contribution is 0.392. The first-order valence-corrected chi connectivity index (χ1v) is 4.47. The zero-order valence-electron chi connectivity index (χ0n) is 7.62. The molecule has 4 nitrogen and oxygen atoms in total. The molecule has 0 amide bonds. The Morgan fingerprint density at radius 3 is 3.15 bits per heavy atom. The van der Waals surface area contributed by atoms with E-state index < -0.39 is 0 Å². The first-order valence-electron chi connectivity index (χ1n) is 4.47. The number of nitrogens with zero attached hydrogens (tertiary/aromatic N) is 3. The molecule has 1 aromatic heterocycles. The molecule has 1 aliphatic rings. The fourth-order valence-electron chi connectivity index (χ4n) is 1.80. The summed E-state index contributed by atoms with van der Waals surface area (Å²) in [6, 6.07) is 2.10. The molecule has 0 saturated carbocycles. The number of nitriles is 1. The van der Waals surface area contributed by atoms with Crippen LogP contribution in [0.1, 0.15) is 24.9 Å². The molecule has 1 aliphatic heterocycles. The average Bonchev–Trinajstić information content (AvgIpc) is 2.40. The summed E-state index contributed by atoms with van der Waals surface area (Å²) in [6.45, 7) is 3.06. The molecule has 0 saturated heterocycles. The highest BCUT2D eigenvalue weighted by Gasteiger charge is 2.21. The smallest absolute Gasteiger partial charge is 0.164 e. The maximum absolute atomic E-state index is 8.86. The maximum atomic E-state index is 8.86. The van der Waals surface area contributed by atoms with Crippen LogP contribution < -0.4 is 5.73 Å². The van der Waals surface area contributed by atoms with Gasteiger partial charge in [-0.15, -0.1) is 0 Å². The Morgan fingerprint density at radius 1 is 1.69 bits per heavy atom. The number of rotatable bonds is 0. The second-order valence-electron chi connectivity index (χ2n) is 3.63. The van der Waals surface area contributed by atoms with Crippen LogP contribution >= 0.6 is 0 Å². The van der Waals surface area contributed by atoms with Crippen molar-refractivity contribution in [3.05, 3.63) is 11.5 Å². The Labute approximate surface area is 77.0 Å². The molecule has 0 radical (unpaired) electrons. The number of aryl methyl sites for hydroxylation is 1. The largest absolute Gasteiger partial charge is 0.381 e. The van der Waals surface area contributed by atoms with Gasteiger partial charge in [0.1, 0.15) is 11.9 Å². The summed E-state index contributed by atoms with van der Waals surface area (Å²) in [5.74, 6) is 1.96. The molecule has 1 unspecified atom stereocenters. The number of nitrogens with two attached hydrogens (primary N) is 1. The van der Waals surface area contributed by atoms with Gasteiger partial charge >= 0.3 is 0 Å². The van der Waals surface area contributed by atoms with E-state index in [1.807, 2.05) is 4.57 Å².